The van der Waals surface area contributed by atoms with Gasteiger partial charge in [-0.15, -0.1) is 0 Å². The zero-order chi connectivity index (χ0) is 18.9. The van der Waals surface area contributed by atoms with Gasteiger partial charge in [-0.05, 0) is 78.1 Å². The first-order valence-corrected chi connectivity index (χ1v) is 10.1. The Kier molecular flexibility index (Phi) is 4.44. The Morgan fingerprint density at radius 3 is 2.54 bits per heavy atom. The monoisotopic (exact) mass is 371 g/mol. The summed E-state index contributed by atoms with van der Waals surface area (Å²) < 4.78 is 11.7. The molecule has 2 aliphatic heterocycles. The highest BCUT2D eigenvalue weighted by Gasteiger charge is 2.19. The standard InChI is InChI=1S/C25H25NO2/c1-27-21-10-11-22-19(17-21)7-13-25-23(22)12-14-24(28-25)18-5-8-20(9-6-18)26-15-3-2-4-16-26/h5-14,17,24H,2-4,15-16H2,1H3. The number of hydrogen-bond donors (Lipinski definition) is 0. The molecule has 2 aliphatic rings. The van der Waals surface area contributed by atoms with Crippen molar-refractivity contribution in [3.63, 3.8) is 0 Å². The summed E-state index contributed by atoms with van der Waals surface area (Å²) in [5.41, 5.74) is 3.66. The largest absolute Gasteiger partial charge is 0.497 e. The molecule has 0 N–H and O–H groups in total. The van der Waals surface area contributed by atoms with E-state index >= 15 is 0 Å². The van der Waals surface area contributed by atoms with Crippen LogP contribution in [0.4, 0.5) is 5.69 Å². The van der Waals surface area contributed by atoms with Gasteiger partial charge in [-0.2, -0.15) is 0 Å². The summed E-state index contributed by atoms with van der Waals surface area (Å²) in [4.78, 5) is 2.49. The van der Waals surface area contributed by atoms with Crippen LogP contribution in [0.5, 0.6) is 11.5 Å². The number of fused-ring (bicyclic) bond motifs is 3. The van der Waals surface area contributed by atoms with Crippen molar-refractivity contribution in [1.29, 1.82) is 0 Å². The molecule has 28 heavy (non-hydrogen) atoms. The van der Waals surface area contributed by atoms with Crippen LogP contribution in [0, 0.1) is 0 Å². The van der Waals surface area contributed by atoms with Gasteiger partial charge in [0.2, 0.25) is 0 Å². The van der Waals surface area contributed by atoms with E-state index in [2.05, 4.69) is 65.6 Å². The first kappa shape index (κ1) is 17.2. The molecule has 1 fully saturated rings. The van der Waals surface area contributed by atoms with E-state index in [1.807, 2.05) is 6.07 Å². The average Bonchev–Trinajstić information content (AvgIpc) is 2.79. The third-order valence-electron chi connectivity index (χ3n) is 5.86. The lowest BCUT2D eigenvalue weighted by Crippen LogP contribution is -2.29. The van der Waals surface area contributed by atoms with E-state index in [0.717, 1.165) is 22.4 Å². The summed E-state index contributed by atoms with van der Waals surface area (Å²) in [6, 6.07) is 19.2. The van der Waals surface area contributed by atoms with Crippen LogP contribution in [-0.2, 0) is 0 Å². The van der Waals surface area contributed by atoms with E-state index in [4.69, 9.17) is 9.47 Å². The Labute approximate surface area is 166 Å². The molecule has 1 saturated heterocycles. The second-order valence-electron chi connectivity index (χ2n) is 7.60. The molecule has 3 aromatic rings. The summed E-state index contributed by atoms with van der Waals surface area (Å²) in [6.07, 6.45) is 8.26. The first-order valence-electron chi connectivity index (χ1n) is 10.1. The molecule has 0 saturated carbocycles. The van der Waals surface area contributed by atoms with E-state index in [9.17, 15) is 0 Å². The van der Waals surface area contributed by atoms with Crippen molar-refractivity contribution in [1.82, 2.24) is 0 Å². The van der Waals surface area contributed by atoms with Gasteiger partial charge in [-0.1, -0.05) is 24.3 Å². The Balaban J connectivity index is 1.40. The topological polar surface area (TPSA) is 21.7 Å². The number of hydrogen-bond acceptors (Lipinski definition) is 3. The molecule has 1 atom stereocenters. The summed E-state index contributed by atoms with van der Waals surface area (Å²) in [7, 11) is 1.70. The van der Waals surface area contributed by atoms with Crippen LogP contribution in [0.25, 0.3) is 16.8 Å². The molecular weight excluding hydrogens is 346 g/mol. The smallest absolute Gasteiger partial charge is 0.142 e. The Bertz CT molecular complexity index is 1020. The summed E-state index contributed by atoms with van der Waals surface area (Å²) in [5, 5.41) is 2.35. The Hall–Kier alpha value is -2.94. The van der Waals surface area contributed by atoms with Crippen LogP contribution in [0.3, 0.4) is 0 Å². The zero-order valence-corrected chi connectivity index (χ0v) is 16.2. The van der Waals surface area contributed by atoms with E-state index in [1.165, 1.54) is 49.0 Å². The van der Waals surface area contributed by atoms with Crippen molar-refractivity contribution >= 4 is 22.5 Å². The third kappa shape index (κ3) is 3.11. The van der Waals surface area contributed by atoms with Gasteiger partial charge in [0.25, 0.3) is 0 Å². The van der Waals surface area contributed by atoms with Gasteiger partial charge in [0.05, 0.1) is 7.11 Å². The number of anilines is 1. The minimum atomic E-state index is -0.0430. The fourth-order valence-corrected chi connectivity index (χ4v) is 4.28. The Morgan fingerprint density at radius 2 is 1.75 bits per heavy atom. The maximum absolute atomic E-state index is 6.34. The fourth-order valence-electron chi connectivity index (χ4n) is 4.28. The van der Waals surface area contributed by atoms with Crippen LogP contribution in [-0.4, -0.2) is 20.2 Å². The van der Waals surface area contributed by atoms with Gasteiger partial charge < -0.3 is 14.4 Å². The first-order chi connectivity index (χ1) is 13.8. The van der Waals surface area contributed by atoms with Crippen molar-refractivity contribution in [3.05, 3.63) is 71.8 Å². The maximum atomic E-state index is 6.34. The lowest BCUT2D eigenvalue weighted by atomic mass is 9.98. The molecule has 0 spiro atoms. The molecule has 0 amide bonds. The molecule has 5 rings (SSSR count). The Morgan fingerprint density at radius 1 is 0.929 bits per heavy atom. The van der Waals surface area contributed by atoms with Crippen molar-refractivity contribution < 1.29 is 9.47 Å². The summed E-state index contributed by atoms with van der Waals surface area (Å²) >= 11 is 0. The van der Waals surface area contributed by atoms with Gasteiger partial charge in [-0.25, -0.2) is 0 Å². The van der Waals surface area contributed by atoms with E-state index < -0.39 is 0 Å². The van der Waals surface area contributed by atoms with Crippen LogP contribution >= 0.6 is 0 Å². The van der Waals surface area contributed by atoms with Crippen LogP contribution in [0.2, 0.25) is 0 Å². The minimum absolute atomic E-state index is 0.0430. The third-order valence-corrected chi connectivity index (χ3v) is 5.86. The van der Waals surface area contributed by atoms with E-state index in [-0.39, 0.29) is 6.10 Å². The quantitative estimate of drug-likeness (QED) is 0.565. The highest BCUT2D eigenvalue weighted by atomic mass is 16.5. The highest BCUT2D eigenvalue weighted by molar-refractivity contribution is 5.94. The second-order valence-corrected chi connectivity index (χ2v) is 7.60. The molecule has 3 aromatic carbocycles. The SMILES string of the molecule is COc1ccc2c3c(ccc2c1)OC(c1ccc(N2CCCCC2)cc1)C=C3. The predicted octanol–water partition coefficient (Wildman–Crippen LogP) is 5.99. The molecule has 142 valence electrons. The number of rotatable bonds is 3. The summed E-state index contributed by atoms with van der Waals surface area (Å²) in [6.45, 7) is 2.34. The van der Waals surface area contributed by atoms with E-state index in [0.29, 0.717) is 0 Å². The van der Waals surface area contributed by atoms with Gasteiger partial charge in [-0.3, -0.25) is 0 Å². The van der Waals surface area contributed by atoms with Crippen molar-refractivity contribution in [3.8, 4) is 11.5 Å². The van der Waals surface area contributed by atoms with Gasteiger partial charge >= 0.3 is 0 Å². The van der Waals surface area contributed by atoms with Crippen molar-refractivity contribution in [2.75, 3.05) is 25.1 Å². The molecule has 0 aromatic heterocycles. The zero-order valence-electron chi connectivity index (χ0n) is 16.2. The van der Waals surface area contributed by atoms with Crippen LogP contribution in [0.15, 0.2) is 60.7 Å². The second kappa shape index (κ2) is 7.23. The maximum Gasteiger partial charge on any atom is 0.142 e. The minimum Gasteiger partial charge on any atom is -0.497 e. The average molecular weight is 371 g/mol. The van der Waals surface area contributed by atoms with Crippen LogP contribution in [0.1, 0.15) is 36.5 Å². The normalized spacial score (nSPS) is 18.6. The molecule has 3 nitrogen and oxygen atoms in total. The molecule has 0 bridgehead atoms. The fraction of sp³-hybridized carbons (Fsp3) is 0.280. The highest BCUT2D eigenvalue weighted by Crippen LogP contribution is 2.38. The number of nitrogens with zero attached hydrogens (tertiary/aromatic N) is 1. The molecule has 0 radical (unpaired) electrons. The lowest BCUT2D eigenvalue weighted by molar-refractivity contribution is 0.252. The molecule has 0 aliphatic carbocycles. The molecule has 1 unspecified atom stereocenters. The number of ether oxygens (including phenoxy) is 2. The molecular formula is C25H25NO2. The molecule has 2 heterocycles. The predicted molar refractivity (Wildman–Crippen MR) is 115 cm³/mol. The molecule has 3 heteroatoms. The number of piperidine rings is 1. The number of benzene rings is 3. The van der Waals surface area contributed by atoms with Gasteiger partial charge in [0.1, 0.15) is 17.6 Å². The van der Waals surface area contributed by atoms with Crippen LogP contribution < -0.4 is 14.4 Å². The lowest BCUT2D eigenvalue weighted by Gasteiger charge is -2.29. The van der Waals surface area contributed by atoms with Gasteiger partial charge in [0, 0.05) is 24.3 Å². The van der Waals surface area contributed by atoms with Gasteiger partial charge in [0.15, 0.2) is 0 Å². The van der Waals surface area contributed by atoms with E-state index in [1.54, 1.807) is 7.11 Å². The number of methoxy groups -OCH3 is 1. The van der Waals surface area contributed by atoms with Crippen molar-refractivity contribution in [2.45, 2.75) is 25.4 Å². The summed E-state index contributed by atoms with van der Waals surface area (Å²) in [5.74, 6) is 1.81. The van der Waals surface area contributed by atoms with Crippen molar-refractivity contribution in [2.24, 2.45) is 0 Å².